The summed E-state index contributed by atoms with van der Waals surface area (Å²) in [5.74, 6) is -0.988. The number of nitrogens with zero attached hydrogens (tertiary/aromatic N) is 3. The molecule has 0 radical (unpaired) electrons. The third-order valence-electron chi connectivity index (χ3n) is 6.75. The molecule has 36 heavy (non-hydrogen) atoms. The van der Waals surface area contributed by atoms with Crippen LogP contribution < -0.4 is 10.6 Å². The van der Waals surface area contributed by atoms with Crippen molar-refractivity contribution in [2.24, 2.45) is 0 Å². The van der Waals surface area contributed by atoms with E-state index < -0.39 is 17.9 Å². The maximum absolute atomic E-state index is 14.4. The zero-order chi connectivity index (χ0) is 25.2. The van der Waals surface area contributed by atoms with Crippen molar-refractivity contribution in [1.82, 2.24) is 20.2 Å². The minimum atomic E-state index is -0.960. The van der Waals surface area contributed by atoms with E-state index in [1.807, 2.05) is 29.2 Å². The van der Waals surface area contributed by atoms with E-state index in [0.717, 1.165) is 44.0 Å². The average Bonchev–Trinajstić information content (AvgIpc) is 2.88. The summed E-state index contributed by atoms with van der Waals surface area (Å²) in [6.45, 7) is 3.11. The standard InChI is InChI=1S/C27H25F2N5O2/c1-16(36)34-12-9-18(10-13-34)17-2-4-20(5-3-17)31-27-25-19(8-11-30-23(25)15-35)14-22(32-27)21-6-7-24(28)33-26(21)29/h2-8,11,14-15,18,23,30H,9-10,12-13H2,1H3,(H,31,32). The number of carbonyl (C=O) groups excluding carboxylic acids is 2. The Hall–Kier alpha value is -4.14. The molecule has 0 spiro atoms. The van der Waals surface area contributed by atoms with Crippen LogP contribution in [-0.2, 0) is 9.59 Å². The second-order valence-corrected chi connectivity index (χ2v) is 8.97. The van der Waals surface area contributed by atoms with Gasteiger partial charge in [0.1, 0.15) is 18.1 Å². The lowest BCUT2D eigenvalue weighted by Gasteiger charge is -2.31. The van der Waals surface area contributed by atoms with Crippen molar-refractivity contribution in [3.05, 3.63) is 77.3 Å². The zero-order valence-corrected chi connectivity index (χ0v) is 19.7. The molecule has 1 atom stereocenters. The number of anilines is 2. The fraction of sp³-hybridized carbons (Fsp3) is 0.259. The van der Waals surface area contributed by atoms with Gasteiger partial charge in [0.25, 0.3) is 0 Å². The van der Waals surface area contributed by atoms with Crippen molar-refractivity contribution in [1.29, 1.82) is 0 Å². The SMILES string of the molecule is CC(=O)N1CCC(c2ccc(Nc3nc(-c4ccc(F)nc4F)cc4c3C(C=O)NC=C4)cc2)CC1. The molecule has 1 saturated heterocycles. The highest BCUT2D eigenvalue weighted by atomic mass is 19.1. The first-order valence-electron chi connectivity index (χ1n) is 11.8. The Morgan fingerprint density at radius 1 is 1.11 bits per heavy atom. The van der Waals surface area contributed by atoms with Crippen LogP contribution in [0.2, 0.25) is 0 Å². The molecule has 184 valence electrons. The number of rotatable bonds is 5. The number of hydrogen-bond acceptors (Lipinski definition) is 6. The first-order valence-corrected chi connectivity index (χ1v) is 11.8. The molecule has 0 saturated carbocycles. The zero-order valence-electron chi connectivity index (χ0n) is 19.7. The Bertz CT molecular complexity index is 1330. The Labute approximate surface area is 207 Å². The number of pyridine rings is 2. The van der Waals surface area contributed by atoms with Crippen molar-refractivity contribution in [3.8, 4) is 11.3 Å². The van der Waals surface area contributed by atoms with Gasteiger partial charge in [0.15, 0.2) is 0 Å². The quantitative estimate of drug-likeness (QED) is 0.399. The topological polar surface area (TPSA) is 87.2 Å². The molecule has 5 rings (SSSR count). The van der Waals surface area contributed by atoms with E-state index in [2.05, 4.69) is 20.6 Å². The van der Waals surface area contributed by atoms with Gasteiger partial charge in [-0.1, -0.05) is 12.1 Å². The van der Waals surface area contributed by atoms with Crippen LogP contribution in [0, 0.1) is 11.9 Å². The van der Waals surface area contributed by atoms with Crippen molar-refractivity contribution in [3.63, 3.8) is 0 Å². The maximum atomic E-state index is 14.4. The van der Waals surface area contributed by atoms with Crippen LogP contribution in [0.4, 0.5) is 20.3 Å². The lowest BCUT2D eigenvalue weighted by molar-refractivity contribution is -0.129. The molecule has 0 bridgehead atoms. The van der Waals surface area contributed by atoms with E-state index in [1.54, 1.807) is 25.3 Å². The van der Waals surface area contributed by atoms with E-state index in [1.165, 1.54) is 11.6 Å². The van der Waals surface area contributed by atoms with Crippen LogP contribution in [0.15, 0.2) is 48.7 Å². The molecule has 1 aromatic carbocycles. The minimum Gasteiger partial charge on any atom is -0.378 e. The summed E-state index contributed by atoms with van der Waals surface area (Å²) in [4.78, 5) is 33.1. The number of halogens is 2. The third kappa shape index (κ3) is 4.68. The first-order chi connectivity index (χ1) is 17.4. The molecule has 4 heterocycles. The summed E-state index contributed by atoms with van der Waals surface area (Å²) >= 11 is 0. The molecule has 0 aliphatic carbocycles. The van der Waals surface area contributed by atoms with Gasteiger partial charge in [-0.3, -0.25) is 4.79 Å². The normalized spacial score (nSPS) is 17.3. The summed E-state index contributed by atoms with van der Waals surface area (Å²) < 4.78 is 27.8. The van der Waals surface area contributed by atoms with Crippen LogP contribution in [0.5, 0.6) is 0 Å². The van der Waals surface area contributed by atoms with Gasteiger partial charge in [0.05, 0.1) is 11.3 Å². The molecule has 1 amide bonds. The number of hydrogen-bond donors (Lipinski definition) is 2. The largest absolute Gasteiger partial charge is 0.378 e. The average molecular weight is 490 g/mol. The third-order valence-corrected chi connectivity index (χ3v) is 6.75. The fourth-order valence-electron chi connectivity index (χ4n) is 4.81. The van der Waals surface area contributed by atoms with Crippen LogP contribution in [0.25, 0.3) is 17.3 Å². The maximum Gasteiger partial charge on any atom is 0.224 e. The molecule has 1 fully saturated rings. The van der Waals surface area contributed by atoms with Crippen LogP contribution in [0.3, 0.4) is 0 Å². The van der Waals surface area contributed by atoms with Crippen molar-refractivity contribution < 1.29 is 18.4 Å². The molecule has 2 aliphatic rings. The van der Waals surface area contributed by atoms with Crippen LogP contribution >= 0.6 is 0 Å². The Morgan fingerprint density at radius 3 is 2.53 bits per heavy atom. The second kappa shape index (κ2) is 9.85. The Kier molecular flexibility index (Phi) is 6.45. The van der Waals surface area contributed by atoms with Crippen LogP contribution in [0.1, 0.15) is 48.4 Å². The van der Waals surface area contributed by atoms with E-state index >= 15 is 0 Å². The van der Waals surface area contributed by atoms with Gasteiger partial charge in [-0.05, 0) is 72.5 Å². The highest BCUT2D eigenvalue weighted by Gasteiger charge is 2.25. The Balaban J connectivity index is 1.45. The number of nitrogens with one attached hydrogen (secondary N) is 2. The number of aldehydes is 1. The summed E-state index contributed by atoms with van der Waals surface area (Å²) in [6, 6.07) is 11.4. The highest BCUT2D eigenvalue weighted by molar-refractivity contribution is 5.80. The first kappa shape index (κ1) is 23.6. The number of piperidine rings is 1. The number of benzene rings is 1. The Morgan fingerprint density at radius 2 is 1.86 bits per heavy atom. The molecular formula is C27H25F2N5O2. The lowest BCUT2D eigenvalue weighted by Crippen LogP contribution is -2.36. The molecule has 2 N–H and O–H groups in total. The summed E-state index contributed by atoms with van der Waals surface area (Å²) in [6.07, 6.45) is 6.04. The van der Waals surface area contributed by atoms with Gasteiger partial charge < -0.3 is 20.3 Å². The summed E-state index contributed by atoms with van der Waals surface area (Å²) in [7, 11) is 0. The molecule has 9 heteroatoms. The van der Waals surface area contributed by atoms with E-state index in [-0.39, 0.29) is 17.2 Å². The van der Waals surface area contributed by atoms with E-state index in [4.69, 9.17) is 0 Å². The highest BCUT2D eigenvalue weighted by Crippen LogP contribution is 2.35. The molecule has 7 nitrogen and oxygen atoms in total. The number of amides is 1. The van der Waals surface area contributed by atoms with Gasteiger partial charge >= 0.3 is 0 Å². The van der Waals surface area contributed by atoms with Crippen LogP contribution in [-0.4, -0.2) is 40.2 Å². The van der Waals surface area contributed by atoms with Crippen molar-refractivity contribution >= 4 is 29.8 Å². The monoisotopic (exact) mass is 489 g/mol. The van der Waals surface area contributed by atoms with E-state index in [0.29, 0.717) is 22.9 Å². The number of fused-ring (bicyclic) bond motifs is 1. The number of likely N-dealkylation sites (tertiary alicyclic amines) is 1. The molecule has 2 aromatic heterocycles. The molecule has 3 aromatic rings. The molecule has 1 unspecified atom stereocenters. The number of aromatic nitrogens is 2. The van der Waals surface area contributed by atoms with Gasteiger partial charge in [-0.2, -0.15) is 13.8 Å². The minimum absolute atomic E-state index is 0.0593. The predicted molar refractivity (Wildman–Crippen MR) is 132 cm³/mol. The number of carbonyl (C=O) groups is 2. The summed E-state index contributed by atoms with van der Waals surface area (Å²) in [5.41, 5.74) is 3.60. The fourth-order valence-corrected chi connectivity index (χ4v) is 4.81. The van der Waals surface area contributed by atoms with Gasteiger partial charge in [0.2, 0.25) is 17.8 Å². The lowest BCUT2D eigenvalue weighted by atomic mass is 9.89. The summed E-state index contributed by atoms with van der Waals surface area (Å²) in [5, 5.41) is 6.28. The second-order valence-electron chi connectivity index (χ2n) is 8.97. The molecular weight excluding hydrogens is 464 g/mol. The molecule has 2 aliphatic heterocycles. The van der Waals surface area contributed by atoms with Gasteiger partial charge in [-0.25, -0.2) is 4.98 Å². The van der Waals surface area contributed by atoms with E-state index in [9.17, 15) is 18.4 Å². The predicted octanol–water partition coefficient (Wildman–Crippen LogP) is 4.71. The van der Waals surface area contributed by atoms with Crippen molar-refractivity contribution in [2.45, 2.75) is 31.7 Å². The van der Waals surface area contributed by atoms with Gasteiger partial charge in [-0.15, -0.1) is 0 Å². The van der Waals surface area contributed by atoms with Gasteiger partial charge in [0, 0.05) is 31.3 Å². The smallest absolute Gasteiger partial charge is 0.224 e. The van der Waals surface area contributed by atoms with Crippen molar-refractivity contribution in [2.75, 3.05) is 18.4 Å².